The number of thiophene rings is 1. The molecule has 0 amide bonds. The Bertz CT molecular complexity index is 354. The van der Waals surface area contributed by atoms with E-state index in [0.717, 1.165) is 10.4 Å². The summed E-state index contributed by atoms with van der Waals surface area (Å²) in [4.78, 5) is 5.77. The van der Waals surface area contributed by atoms with Crippen molar-refractivity contribution in [3.05, 3.63) is 21.9 Å². The lowest BCUT2D eigenvalue weighted by Gasteiger charge is -2.15. The van der Waals surface area contributed by atoms with E-state index in [9.17, 15) is 5.11 Å². The van der Waals surface area contributed by atoms with Gasteiger partial charge in [-0.3, -0.25) is 0 Å². The van der Waals surface area contributed by atoms with E-state index < -0.39 is 5.60 Å². The molecule has 0 bridgehead atoms. The van der Waals surface area contributed by atoms with Gasteiger partial charge in [-0.2, -0.15) is 0 Å². The highest BCUT2D eigenvalue weighted by Crippen LogP contribution is 2.34. The summed E-state index contributed by atoms with van der Waals surface area (Å²) in [6, 6.07) is 2.02. The molecule has 0 aromatic carbocycles. The average molecular weight is 197 g/mol. The Morgan fingerprint density at radius 1 is 1.69 bits per heavy atom. The molecule has 1 aromatic heterocycles. The van der Waals surface area contributed by atoms with Gasteiger partial charge in [0.15, 0.2) is 0 Å². The third-order valence-corrected chi connectivity index (χ3v) is 3.15. The molecule has 3 nitrogen and oxygen atoms in total. The Labute approximate surface area is 80.6 Å². The second-order valence-electron chi connectivity index (χ2n) is 3.35. The van der Waals surface area contributed by atoms with Crippen molar-refractivity contribution in [2.75, 3.05) is 7.11 Å². The lowest BCUT2D eigenvalue weighted by molar-refractivity contribution is 0.129. The van der Waals surface area contributed by atoms with Crippen LogP contribution in [0.3, 0.4) is 0 Å². The lowest BCUT2D eigenvalue weighted by atomic mass is 10.0. The van der Waals surface area contributed by atoms with E-state index in [4.69, 9.17) is 4.84 Å². The van der Waals surface area contributed by atoms with Gasteiger partial charge in [-0.05, 0) is 23.9 Å². The van der Waals surface area contributed by atoms with Crippen LogP contribution >= 0.6 is 11.3 Å². The summed E-state index contributed by atoms with van der Waals surface area (Å²) in [6.45, 7) is 1.76. The lowest BCUT2D eigenvalue weighted by Crippen LogP contribution is -2.32. The van der Waals surface area contributed by atoms with Crippen LogP contribution < -0.4 is 0 Å². The van der Waals surface area contributed by atoms with Gasteiger partial charge in [0.05, 0.1) is 4.88 Å². The second-order valence-corrected chi connectivity index (χ2v) is 4.26. The minimum Gasteiger partial charge on any atom is -0.399 e. The fourth-order valence-corrected chi connectivity index (χ4v) is 2.64. The third-order valence-electron chi connectivity index (χ3n) is 2.19. The number of nitrogens with zero attached hydrogens (tertiary/aromatic N) is 1. The van der Waals surface area contributed by atoms with Crippen LogP contribution in [0.4, 0.5) is 0 Å². The minimum absolute atomic E-state index is 0.633. The zero-order valence-corrected chi connectivity index (χ0v) is 8.39. The molecule has 0 fully saturated rings. The minimum atomic E-state index is -0.863. The normalized spacial score (nSPS) is 29.3. The summed E-state index contributed by atoms with van der Waals surface area (Å²) >= 11 is 1.59. The standard InChI is InChI=1S/C9H11NO2S/c1-9(11)5-6-3-4-13-7(6)8(9)10-12-2/h3-4,11H,5H2,1-2H3/t9-/m1/s1. The summed E-state index contributed by atoms with van der Waals surface area (Å²) in [5.74, 6) is 0. The van der Waals surface area contributed by atoms with E-state index in [1.54, 1.807) is 18.3 Å². The van der Waals surface area contributed by atoms with Crippen LogP contribution in [0.25, 0.3) is 0 Å². The van der Waals surface area contributed by atoms with Crippen molar-refractivity contribution in [2.45, 2.75) is 18.9 Å². The predicted molar refractivity (Wildman–Crippen MR) is 52.2 cm³/mol. The van der Waals surface area contributed by atoms with Gasteiger partial charge in [-0.1, -0.05) is 5.16 Å². The SMILES string of the molecule is CON=C1c2sccc2C[C@@]1(C)O. The largest absolute Gasteiger partial charge is 0.399 e. The highest BCUT2D eigenvalue weighted by Gasteiger charge is 2.39. The molecule has 70 valence electrons. The van der Waals surface area contributed by atoms with E-state index >= 15 is 0 Å². The van der Waals surface area contributed by atoms with Crippen LogP contribution in [-0.4, -0.2) is 23.5 Å². The van der Waals surface area contributed by atoms with Crippen molar-refractivity contribution in [3.8, 4) is 0 Å². The highest BCUT2D eigenvalue weighted by atomic mass is 32.1. The van der Waals surface area contributed by atoms with Crippen LogP contribution in [0.15, 0.2) is 16.6 Å². The molecule has 13 heavy (non-hydrogen) atoms. The van der Waals surface area contributed by atoms with Gasteiger partial charge in [0.1, 0.15) is 18.4 Å². The van der Waals surface area contributed by atoms with Crippen LogP contribution in [0.1, 0.15) is 17.4 Å². The molecule has 0 aliphatic heterocycles. The molecule has 0 spiro atoms. The topological polar surface area (TPSA) is 41.8 Å². The summed E-state index contributed by atoms with van der Waals surface area (Å²) in [5.41, 5.74) is 0.948. The van der Waals surface area contributed by atoms with Crippen LogP contribution in [0, 0.1) is 0 Å². The van der Waals surface area contributed by atoms with E-state index in [1.807, 2.05) is 11.4 Å². The van der Waals surface area contributed by atoms with Gasteiger partial charge in [-0.25, -0.2) is 0 Å². The molecule has 0 unspecified atom stereocenters. The number of oxime groups is 1. The first-order chi connectivity index (χ1) is 6.15. The Morgan fingerprint density at radius 3 is 3.15 bits per heavy atom. The van der Waals surface area contributed by atoms with Crippen molar-refractivity contribution in [1.29, 1.82) is 0 Å². The molecule has 0 saturated carbocycles. The zero-order chi connectivity index (χ0) is 9.47. The Morgan fingerprint density at radius 2 is 2.46 bits per heavy atom. The predicted octanol–water partition coefficient (Wildman–Crippen LogP) is 1.41. The fourth-order valence-electron chi connectivity index (χ4n) is 1.61. The monoisotopic (exact) mass is 197 g/mol. The van der Waals surface area contributed by atoms with Gasteiger partial charge in [-0.15, -0.1) is 11.3 Å². The van der Waals surface area contributed by atoms with Crippen molar-refractivity contribution in [3.63, 3.8) is 0 Å². The molecular weight excluding hydrogens is 186 g/mol. The number of fused-ring (bicyclic) bond motifs is 1. The first kappa shape index (κ1) is 8.72. The first-order valence-electron chi connectivity index (χ1n) is 4.06. The molecule has 1 N–H and O–H groups in total. The molecule has 0 saturated heterocycles. The Hall–Kier alpha value is -0.870. The molecule has 1 aromatic rings. The Kier molecular flexibility index (Phi) is 1.89. The molecule has 1 atom stereocenters. The first-order valence-corrected chi connectivity index (χ1v) is 4.94. The van der Waals surface area contributed by atoms with E-state index in [1.165, 1.54) is 7.11 Å². The quantitative estimate of drug-likeness (QED) is 0.691. The molecule has 1 aliphatic carbocycles. The molecule has 1 aliphatic rings. The summed E-state index contributed by atoms with van der Waals surface area (Å²) in [5, 5.41) is 15.9. The molecule has 1 heterocycles. The smallest absolute Gasteiger partial charge is 0.129 e. The maximum absolute atomic E-state index is 9.99. The van der Waals surface area contributed by atoms with Crippen LogP contribution in [0.2, 0.25) is 0 Å². The van der Waals surface area contributed by atoms with E-state index in [2.05, 4.69) is 5.16 Å². The number of hydrogen-bond donors (Lipinski definition) is 1. The van der Waals surface area contributed by atoms with Crippen molar-refractivity contribution >= 4 is 17.0 Å². The summed E-state index contributed by atoms with van der Waals surface area (Å²) in [7, 11) is 1.49. The Balaban J connectivity index is 2.49. The van der Waals surface area contributed by atoms with Gasteiger partial charge >= 0.3 is 0 Å². The molecular formula is C9H11NO2S. The molecule has 0 radical (unpaired) electrons. The van der Waals surface area contributed by atoms with Crippen LogP contribution in [0.5, 0.6) is 0 Å². The maximum atomic E-state index is 9.99. The summed E-state index contributed by atoms with van der Waals surface area (Å²) in [6.07, 6.45) is 0.633. The van der Waals surface area contributed by atoms with Gasteiger partial charge in [0.25, 0.3) is 0 Å². The van der Waals surface area contributed by atoms with E-state index in [-0.39, 0.29) is 0 Å². The van der Waals surface area contributed by atoms with E-state index in [0.29, 0.717) is 12.1 Å². The van der Waals surface area contributed by atoms with Crippen molar-refractivity contribution < 1.29 is 9.94 Å². The number of aliphatic hydroxyl groups is 1. The zero-order valence-electron chi connectivity index (χ0n) is 7.57. The van der Waals surface area contributed by atoms with Gasteiger partial charge in [0.2, 0.25) is 0 Å². The number of rotatable bonds is 1. The molecule has 4 heteroatoms. The van der Waals surface area contributed by atoms with Crippen molar-refractivity contribution in [1.82, 2.24) is 0 Å². The molecule has 2 rings (SSSR count). The third kappa shape index (κ3) is 1.26. The fraction of sp³-hybridized carbons (Fsp3) is 0.444. The van der Waals surface area contributed by atoms with Gasteiger partial charge < -0.3 is 9.94 Å². The second kappa shape index (κ2) is 2.82. The van der Waals surface area contributed by atoms with Gasteiger partial charge in [0, 0.05) is 6.42 Å². The number of hydrogen-bond acceptors (Lipinski definition) is 4. The summed E-state index contributed by atoms with van der Waals surface area (Å²) < 4.78 is 0. The maximum Gasteiger partial charge on any atom is 0.129 e. The average Bonchev–Trinajstić information content (AvgIpc) is 2.53. The highest BCUT2D eigenvalue weighted by molar-refractivity contribution is 7.12. The van der Waals surface area contributed by atoms with Crippen LogP contribution in [-0.2, 0) is 11.3 Å². The van der Waals surface area contributed by atoms with Crippen molar-refractivity contribution in [2.24, 2.45) is 5.16 Å².